The van der Waals surface area contributed by atoms with E-state index in [-0.39, 0.29) is 18.6 Å². The van der Waals surface area contributed by atoms with Crippen LogP contribution in [0.2, 0.25) is 0 Å². The molecule has 1 saturated carbocycles. The first-order valence-electron chi connectivity index (χ1n) is 6.91. The smallest absolute Gasteiger partial charge is 0.338 e. The Labute approximate surface area is 123 Å². The molecule has 0 aliphatic heterocycles. The first-order chi connectivity index (χ1) is 10.1. The van der Waals surface area contributed by atoms with Gasteiger partial charge in [0.05, 0.1) is 19.3 Å². The average Bonchev–Trinajstić information content (AvgIpc) is 3.29. The van der Waals surface area contributed by atoms with E-state index < -0.39 is 5.97 Å². The molecule has 114 valence electrons. The molecule has 1 N–H and O–H groups in total. The third-order valence-corrected chi connectivity index (χ3v) is 2.98. The lowest BCUT2D eigenvalue weighted by atomic mass is 10.2. The van der Waals surface area contributed by atoms with E-state index in [0.717, 1.165) is 12.8 Å². The van der Waals surface area contributed by atoms with Crippen molar-refractivity contribution in [2.75, 3.05) is 20.3 Å². The van der Waals surface area contributed by atoms with Crippen molar-refractivity contribution in [2.24, 2.45) is 0 Å². The highest BCUT2D eigenvalue weighted by atomic mass is 16.5. The molecule has 0 saturated heterocycles. The van der Waals surface area contributed by atoms with Crippen LogP contribution in [0.4, 0.5) is 0 Å². The lowest BCUT2D eigenvalue weighted by molar-refractivity contribution is -0.124. The van der Waals surface area contributed by atoms with Crippen molar-refractivity contribution in [2.45, 2.75) is 25.8 Å². The topological polar surface area (TPSA) is 73.9 Å². The number of carbonyl (C=O) groups excluding carboxylic acids is 2. The lowest BCUT2D eigenvalue weighted by Gasteiger charge is -2.11. The monoisotopic (exact) mass is 293 g/mol. The SMILES string of the molecule is CCOc1cc(C(=O)OCC(=O)NC2CC2)ccc1OC. The zero-order valence-corrected chi connectivity index (χ0v) is 12.2. The Bertz CT molecular complexity index is 525. The molecule has 21 heavy (non-hydrogen) atoms. The number of methoxy groups -OCH3 is 1. The number of ether oxygens (including phenoxy) is 3. The number of nitrogens with one attached hydrogen (secondary N) is 1. The van der Waals surface area contributed by atoms with Gasteiger partial charge in [-0.05, 0) is 38.0 Å². The Morgan fingerprint density at radius 3 is 2.67 bits per heavy atom. The van der Waals surface area contributed by atoms with Gasteiger partial charge in [0.1, 0.15) is 0 Å². The summed E-state index contributed by atoms with van der Waals surface area (Å²) in [7, 11) is 1.53. The first kappa shape index (κ1) is 15.2. The molecule has 0 aromatic heterocycles. The van der Waals surface area contributed by atoms with Crippen molar-refractivity contribution in [1.29, 1.82) is 0 Å². The van der Waals surface area contributed by atoms with Crippen molar-refractivity contribution in [3.8, 4) is 11.5 Å². The molecule has 1 aliphatic rings. The number of hydrogen-bond acceptors (Lipinski definition) is 5. The van der Waals surface area contributed by atoms with Crippen molar-refractivity contribution >= 4 is 11.9 Å². The molecule has 6 heteroatoms. The molecule has 1 aromatic carbocycles. The summed E-state index contributed by atoms with van der Waals surface area (Å²) in [6.07, 6.45) is 1.99. The number of amides is 1. The third kappa shape index (κ3) is 4.37. The zero-order valence-electron chi connectivity index (χ0n) is 12.2. The molecule has 2 rings (SSSR count). The van der Waals surface area contributed by atoms with E-state index >= 15 is 0 Å². The molecule has 1 aliphatic carbocycles. The van der Waals surface area contributed by atoms with Gasteiger partial charge in [0.25, 0.3) is 5.91 Å². The zero-order chi connectivity index (χ0) is 15.2. The molecule has 0 bridgehead atoms. The van der Waals surface area contributed by atoms with Crippen LogP contribution in [-0.4, -0.2) is 38.2 Å². The van der Waals surface area contributed by atoms with Crippen LogP contribution in [0.3, 0.4) is 0 Å². The van der Waals surface area contributed by atoms with Gasteiger partial charge < -0.3 is 19.5 Å². The molecule has 0 spiro atoms. The Morgan fingerprint density at radius 2 is 2.05 bits per heavy atom. The van der Waals surface area contributed by atoms with Crippen molar-refractivity contribution in [3.63, 3.8) is 0 Å². The van der Waals surface area contributed by atoms with Crippen LogP contribution in [0.25, 0.3) is 0 Å². The molecule has 0 atom stereocenters. The van der Waals surface area contributed by atoms with E-state index in [4.69, 9.17) is 14.2 Å². The highest BCUT2D eigenvalue weighted by Gasteiger charge is 2.23. The number of esters is 1. The number of hydrogen-bond donors (Lipinski definition) is 1. The highest BCUT2D eigenvalue weighted by Crippen LogP contribution is 2.28. The first-order valence-corrected chi connectivity index (χ1v) is 6.91. The van der Waals surface area contributed by atoms with Crippen LogP contribution in [0.15, 0.2) is 18.2 Å². The Hall–Kier alpha value is -2.24. The van der Waals surface area contributed by atoms with Crippen LogP contribution < -0.4 is 14.8 Å². The summed E-state index contributed by atoms with van der Waals surface area (Å²) < 4.78 is 15.5. The summed E-state index contributed by atoms with van der Waals surface area (Å²) >= 11 is 0. The second-order valence-corrected chi connectivity index (χ2v) is 4.72. The Morgan fingerprint density at radius 1 is 1.29 bits per heavy atom. The molecule has 1 aromatic rings. The molecular formula is C15H19NO5. The molecule has 0 unspecified atom stereocenters. The minimum atomic E-state index is -0.565. The van der Waals surface area contributed by atoms with E-state index in [2.05, 4.69) is 5.32 Å². The minimum Gasteiger partial charge on any atom is -0.493 e. The number of benzene rings is 1. The molecule has 0 radical (unpaired) electrons. The van der Waals surface area contributed by atoms with Gasteiger partial charge in [0.15, 0.2) is 18.1 Å². The summed E-state index contributed by atoms with van der Waals surface area (Å²) in [6.45, 7) is 2.02. The van der Waals surface area contributed by atoms with Gasteiger partial charge in [0, 0.05) is 6.04 Å². The van der Waals surface area contributed by atoms with Gasteiger partial charge in [-0.15, -0.1) is 0 Å². The van der Waals surface area contributed by atoms with Gasteiger partial charge in [-0.2, -0.15) is 0 Å². The van der Waals surface area contributed by atoms with Gasteiger partial charge in [0.2, 0.25) is 0 Å². The van der Waals surface area contributed by atoms with Gasteiger partial charge in [-0.3, -0.25) is 4.79 Å². The minimum absolute atomic E-state index is 0.252. The fourth-order valence-electron chi connectivity index (χ4n) is 1.78. The molecule has 6 nitrogen and oxygen atoms in total. The molecule has 0 heterocycles. The molecule has 1 fully saturated rings. The number of rotatable bonds is 7. The van der Waals surface area contributed by atoms with Crippen LogP contribution in [0.5, 0.6) is 11.5 Å². The van der Waals surface area contributed by atoms with Crippen molar-refractivity contribution in [3.05, 3.63) is 23.8 Å². The van der Waals surface area contributed by atoms with E-state index in [0.29, 0.717) is 23.7 Å². The summed E-state index contributed by atoms with van der Waals surface area (Å²) in [6, 6.07) is 5.00. The van der Waals surface area contributed by atoms with Crippen molar-refractivity contribution in [1.82, 2.24) is 5.32 Å². The predicted octanol–water partition coefficient (Wildman–Crippen LogP) is 1.53. The van der Waals surface area contributed by atoms with Gasteiger partial charge >= 0.3 is 5.97 Å². The third-order valence-electron chi connectivity index (χ3n) is 2.98. The fraction of sp³-hybridized carbons (Fsp3) is 0.467. The summed E-state index contributed by atoms with van der Waals surface area (Å²) in [5, 5.41) is 2.75. The fourth-order valence-corrected chi connectivity index (χ4v) is 1.78. The Balaban J connectivity index is 1.94. The quantitative estimate of drug-likeness (QED) is 0.772. The number of carbonyl (C=O) groups is 2. The summed E-state index contributed by atoms with van der Waals surface area (Å²) in [5.41, 5.74) is 0.318. The Kier molecular flexibility index (Phi) is 5.03. The van der Waals surface area contributed by atoms with Crippen LogP contribution >= 0.6 is 0 Å². The van der Waals surface area contributed by atoms with Crippen LogP contribution in [0, 0.1) is 0 Å². The second-order valence-electron chi connectivity index (χ2n) is 4.72. The molecule has 1 amide bonds. The average molecular weight is 293 g/mol. The van der Waals surface area contributed by atoms with Crippen LogP contribution in [-0.2, 0) is 9.53 Å². The predicted molar refractivity (Wildman–Crippen MR) is 75.6 cm³/mol. The van der Waals surface area contributed by atoms with Gasteiger partial charge in [-0.1, -0.05) is 0 Å². The van der Waals surface area contributed by atoms with E-state index in [1.807, 2.05) is 6.92 Å². The summed E-state index contributed by atoms with van der Waals surface area (Å²) in [4.78, 5) is 23.4. The molecular weight excluding hydrogens is 274 g/mol. The maximum atomic E-state index is 11.9. The largest absolute Gasteiger partial charge is 0.493 e. The second kappa shape index (κ2) is 6.97. The van der Waals surface area contributed by atoms with E-state index in [9.17, 15) is 9.59 Å². The highest BCUT2D eigenvalue weighted by molar-refractivity contribution is 5.92. The van der Waals surface area contributed by atoms with Crippen molar-refractivity contribution < 1.29 is 23.8 Å². The maximum Gasteiger partial charge on any atom is 0.338 e. The normalized spacial score (nSPS) is 13.4. The van der Waals surface area contributed by atoms with Crippen LogP contribution in [0.1, 0.15) is 30.1 Å². The van der Waals surface area contributed by atoms with Gasteiger partial charge in [-0.25, -0.2) is 4.79 Å². The summed E-state index contributed by atoms with van der Waals surface area (Å²) in [5.74, 6) is 0.172. The van der Waals surface area contributed by atoms with E-state index in [1.165, 1.54) is 7.11 Å². The maximum absolute atomic E-state index is 11.9. The standard InChI is InChI=1S/C15H19NO5/c1-3-20-13-8-10(4-7-12(13)19-2)15(18)21-9-14(17)16-11-5-6-11/h4,7-8,11H,3,5-6,9H2,1-2H3,(H,16,17). The lowest BCUT2D eigenvalue weighted by Crippen LogP contribution is -2.30. The van der Waals surface area contributed by atoms with E-state index in [1.54, 1.807) is 18.2 Å².